The Labute approximate surface area is 143 Å². The number of carbonyl (C=O) groups is 2. The van der Waals surface area contributed by atoms with E-state index < -0.39 is 0 Å². The lowest BCUT2D eigenvalue weighted by Gasteiger charge is -2.22. The number of benzene rings is 1. The molecule has 128 valence electrons. The molecule has 1 N–H and O–H groups in total. The molecule has 3 aliphatic rings. The van der Waals surface area contributed by atoms with Gasteiger partial charge in [0.15, 0.2) is 0 Å². The van der Waals surface area contributed by atoms with Crippen LogP contribution in [-0.2, 0) is 9.59 Å². The molecule has 0 spiro atoms. The van der Waals surface area contributed by atoms with Crippen molar-refractivity contribution in [3.63, 3.8) is 0 Å². The van der Waals surface area contributed by atoms with E-state index in [9.17, 15) is 9.59 Å². The molecule has 4 rings (SSSR count). The number of nitrogens with zero attached hydrogens (tertiary/aromatic N) is 2. The molecule has 0 radical (unpaired) electrons. The zero-order valence-electron chi connectivity index (χ0n) is 14.0. The molecule has 2 amide bonds. The van der Waals surface area contributed by atoms with Gasteiger partial charge in [-0.2, -0.15) is 0 Å². The Balaban J connectivity index is 1.48. The summed E-state index contributed by atoms with van der Waals surface area (Å²) in [7, 11) is 0. The number of fused-ring (bicyclic) bond motifs is 1. The van der Waals surface area contributed by atoms with Crippen LogP contribution in [0.4, 0.5) is 5.69 Å². The zero-order chi connectivity index (χ0) is 16.5. The molecule has 0 aromatic heterocycles. The molecule has 5 heteroatoms. The van der Waals surface area contributed by atoms with Crippen molar-refractivity contribution < 1.29 is 9.59 Å². The Bertz CT molecular complexity index is 639. The first-order valence-electron chi connectivity index (χ1n) is 9.15. The average molecular weight is 327 g/mol. The molecular weight excluding hydrogens is 302 g/mol. The topological polar surface area (TPSA) is 52.7 Å². The molecule has 0 aliphatic carbocycles. The Kier molecular flexibility index (Phi) is 4.27. The number of anilines is 1. The van der Waals surface area contributed by atoms with Gasteiger partial charge in [0.2, 0.25) is 11.8 Å². The fraction of sp³-hybridized carbons (Fsp3) is 0.579. The molecule has 1 unspecified atom stereocenters. The van der Waals surface area contributed by atoms with Gasteiger partial charge in [-0.3, -0.25) is 9.59 Å². The van der Waals surface area contributed by atoms with Crippen LogP contribution in [0, 0.1) is 0 Å². The minimum atomic E-state index is -0.0306. The van der Waals surface area contributed by atoms with Gasteiger partial charge in [-0.25, -0.2) is 0 Å². The number of amides is 2. The maximum atomic E-state index is 12.9. The number of para-hydroxylation sites is 1. The Morgan fingerprint density at radius 2 is 2.12 bits per heavy atom. The second-order valence-corrected chi connectivity index (χ2v) is 7.13. The van der Waals surface area contributed by atoms with Gasteiger partial charge in [-0.05, 0) is 43.9 Å². The van der Waals surface area contributed by atoms with Gasteiger partial charge >= 0.3 is 0 Å². The van der Waals surface area contributed by atoms with Gasteiger partial charge in [0, 0.05) is 37.7 Å². The fourth-order valence-corrected chi connectivity index (χ4v) is 4.29. The molecular formula is C19H25N3O2. The van der Waals surface area contributed by atoms with E-state index in [1.165, 1.54) is 5.56 Å². The monoisotopic (exact) mass is 327 g/mol. The predicted octanol–water partition coefficient (Wildman–Crippen LogP) is 1.88. The van der Waals surface area contributed by atoms with Crippen molar-refractivity contribution >= 4 is 17.5 Å². The van der Waals surface area contributed by atoms with Crippen molar-refractivity contribution in [2.45, 2.75) is 44.1 Å². The number of likely N-dealkylation sites (tertiary alicyclic amines) is 1. The van der Waals surface area contributed by atoms with Crippen molar-refractivity contribution in [2.24, 2.45) is 0 Å². The van der Waals surface area contributed by atoms with Crippen LogP contribution >= 0.6 is 0 Å². The number of hydrogen-bond acceptors (Lipinski definition) is 3. The van der Waals surface area contributed by atoms with E-state index in [2.05, 4.69) is 23.5 Å². The molecule has 0 saturated carbocycles. The summed E-state index contributed by atoms with van der Waals surface area (Å²) >= 11 is 0. The number of rotatable bonds is 4. The first kappa shape index (κ1) is 15.6. The average Bonchev–Trinajstić information content (AvgIpc) is 3.33. The molecule has 2 atom stereocenters. The van der Waals surface area contributed by atoms with Crippen molar-refractivity contribution in [3.8, 4) is 0 Å². The Morgan fingerprint density at radius 3 is 2.88 bits per heavy atom. The van der Waals surface area contributed by atoms with Gasteiger partial charge in [0.1, 0.15) is 0 Å². The summed E-state index contributed by atoms with van der Waals surface area (Å²) in [5, 5.41) is 3.32. The van der Waals surface area contributed by atoms with Crippen LogP contribution in [0.2, 0.25) is 0 Å². The molecule has 1 aromatic rings. The minimum absolute atomic E-state index is 0.0306. The van der Waals surface area contributed by atoms with E-state index >= 15 is 0 Å². The SMILES string of the molecule is O=C1CCCN1CCC1CN(C(=O)[C@@H]2CCCN2)c2ccccc21. The van der Waals surface area contributed by atoms with Crippen LogP contribution in [0.15, 0.2) is 24.3 Å². The second kappa shape index (κ2) is 6.55. The van der Waals surface area contributed by atoms with Crippen molar-refractivity contribution in [3.05, 3.63) is 29.8 Å². The van der Waals surface area contributed by atoms with Crippen molar-refractivity contribution in [2.75, 3.05) is 31.1 Å². The van der Waals surface area contributed by atoms with Crippen LogP contribution in [0.5, 0.6) is 0 Å². The summed E-state index contributed by atoms with van der Waals surface area (Å²) in [4.78, 5) is 28.6. The quantitative estimate of drug-likeness (QED) is 0.919. The smallest absolute Gasteiger partial charge is 0.244 e. The summed E-state index contributed by atoms with van der Waals surface area (Å²) < 4.78 is 0. The number of carbonyl (C=O) groups excluding carboxylic acids is 2. The van der Waals surface area contributed by atoms with E-state index in [0.717, 1.165) is 57.5 Å². The van der Waals surface area contributed by atoms with Crippen molar-refractivity contribution in [1.29, 1.82) is 0 Å². The Hall–Kier alpha value is -1.88. The minimum Gasteiger partial charge on any atom is -0.343 e. The second-order valence-electron chi connectivity index (χ2n) is 7.13. The van der Waals surface area contributed by atoms with E-state index in [0.29, 0.717) is 12.3 Å². The van der Waals surface area contributed by atoms with Crippen LogP contribution < -0.4 is 10.2 Å². The lowest BCUT2D eigenvalue weighted by molar-refractivity contribution is -0.127. The molecule has 3 aliphatic heterocycles. The maximum absolute atomic E-state index is 12.9. The zero-order valence-corrected chi connectivity index (χ0v) is 14.0. The molecule has 2 fully saturated rings. The summed E-state index contributed by atoms with van der Waals surface area (Å²) in [6.07, 6.45) is 4.62. The summed E-state index contributed by atoms with van der Waals surface area (Å²) in [5.74, 6) is 0.823. The summed E-state index contributed by atoms with van der Waals surface area (Å²) in [6.45, 7) is 3.38. The summed E-state index contributed by atoms with van der Waals surface area (Å²) in [5.41, 5.74) is 2.32. The number of hydrogen-bond donors (Lipinski definition) is 1. The van der Waals surface area contributed by atoms with E-state index in [-0.39, 0.29) is 17.9 Å². The lowest BCUT2D eigenvalue weighted by Crippen LogP contribution is -2.43. The van der Waals surface area contributed by atoms with E-state index in [1.54, 1.807) is 0 Å². The standard InChI is InChI=1S/C19H25N3O2/c23-18-8-4-11-21(18)12-9-14-13-22(17-7-2-1-5-15(14)17)19(24)16-6-3-10-20-16/h1-2,5,7,14,16,20H,3-4,6,8-13H2/t14?,16-/m0/s1. The molecule has 1 aromatic carbocycles. The molecule has 3 heterocycles. The first-order valence-corrected chi connectivity index (χ1v) is 9.15. The van der Waals surface area contributed by atoms with E-state index in [1.807, 2.05) is 15.9 Å². The van der Waals surface area contributed by atoms with Gasteiger partial charge < -0.3 is 15.1 Å². The van der Waals surface area contributed by atoms with Gasteiger partial charge in [0.05, 0.1) is 6.04 Å². The van der Waals surface area contributed by atoms with Gasteiger partial charge in [-0.15, -0.1) is 0 Å². The van der Waals surface area contributed by atoms with Crippen LogP contribution in [0.25, 0.3) is 0 Å². The maximum Gasteiger partial charge on any atom is 0.244 e. The normalized spacial score (nSPS) is 26.2. The van der Waals surface area contributed by atoms with Crippen molar-refractivity contribution in [1.82, 2.24) is 10.2 Å². The first-order chi connectivity index (χ1) is 11.7. The predicted molar refractivity (Wildman–Crippen MR) is 93.0 cm³/mol. The third kappa shape index (κ3) is 2.81. The van der Waals surface area contributed by atoms with Gasteiger partial charge in [0.25, 0.3) is 0 Å². The van der Waals surface area contributed by atoms with Crippen LogP contribution in [0.1, 0.15) is 43.6 Å². The molecule has 2 saturated heterocycles. The highest BCUT2D eigenvalue weighted by atomic mass is 16.2. The van der Waals surface area contributed by atoms with Gasteiger partial charge in [-0.1, -0.05) is 18.2 Å². The largest absolute Gasteiger partial charge is 0.343 e. The number of nitrogens with one attached hydrogen (secondary N) is 1. The third-order valence-electron chi connectivity index (χ3n) is 5.61. The Morgan fingerprint density at radius 1 is 1.25 bits per heavy atom. The lowest BCUT2D eigenvalue weighted by atomic mass is 9.98. The highest BCUT2D eigenvalue weighted by Gasteiger charge is 2.36. The highest BCUT2D eigenvalue weighted by Crippen LogP contribution is 2.38. The highest BCUT2D eigenvalue weighted by molar-refractivity contribution is 5.99. The van der Waals surface area contributed by atoms with E-state index in [4.69, 9.17) is 0 Å². The summed E-state index contributed by atoms with van der Waals surface area (Å²) in [6, 6.07) is 8.23. The molecule has 24 heavy (non-hydrogen) atoms. The molecule has 0 bridgehead atoms. The molecule has 5 nitrogen and oxygen atoms in total. The van der Waals surface area contributed by atoms with Crippen LogP contribution in [0.3, 0.4) is 0 Å². The third-order valence-corrected chi connectivity index (χ3v) is 5.61. The fourth-order valence-electron chi connectivity index (χ4n) is 4.29. The van der Waals surface area contributed by atoms with Crippen LogP contribution in [-0.4, -0.2) is 48.9 Å².